The van der Waals surface area contributed by atoms with Gasteiger partial charge in [0.2, 0.25) is 0 Å². The van der Waals surface area contributed by atoms with Gasteiger partial charge in [0.25, 0.3) is 11.5 Å². The van der Waals surface area contributed by atoms with Gasteiger partial charge in [0.1, 0.15) is 11.6 Å². The number of aromatic amines is 2. The minimum absolute atomic E-state index is 0.240. The smallest absolute Gasteiger partial charge is 0.326 e. The Balaban J connectivity index is 2.84. The number of thioether (sulfide) groups is 1. The zero-order valence-corrected chi connectivity index (χ0v) is 10.9. The van der Waals surface area contributed by atoms with E-state index in [-0.39, 0.29) is 12.0 Å². The van der Waals surface area contributed by atoms with E-state index in [4.69, 9.17) is 5.11 Å². The fraction of sp³-hybridized carbons (Fsp3) is 0.400. The molecule has 0 saturated carbocycles. The van der Waals surface area contributed by atoms with E-state index in [0.29, 0.717) is 5.75 Å². The summed E-state index contributed by atoms with van der Waals surface area (Å²) in [4.78, 5) is 48.9. The lowest BCUT2D eigenvalue weighted by Crippen LogP contribution is -2.43. The number of H-pyrrole nitrogens is 2. The minimum Gasteiger partial charge on any atom is -0.480 e. The quantitative estimate of drug-likeness (QED) is 0.530. The zero-order valence-electron chi connectivity index (χ0n) is 10.1. The van der Waals surface area contributed by atoms with Crippen LogP contribution in [0.5, 0.6) is 0 Å². The van der Waals surface area contributed by atoms with E-state index in [1.54, 1.807) is 0 Å². The molecule has 1 amide bonds. The second kappa shape index (κ2) is 6.78. The summed E-state index contributed by atoms with van der Waals surface area (Å²) in [7, 11) is 0. The normalized spacial score (nSPS) is 11.8. The summed E-state index contributed by atoms with van der Waals surface area (Å²) in [5.41, 5.74) is -1.94. The highest BCUT2D eigenvalue weighted by Gasteiger charge is 2.21. The highest BCUT2D eigenvalue weighted by molar-refractivity contribution is 7.98. The number of carbonyl (C=O) groups excluding carboxylic acids is 1. The van der Waals surface area contributed by atoms with Gasteiger partial charge in [-0.3, -0.25) is 14.6 Å². The highest BCUT2D eigenvalue weighted by atomic mass is 32.2. The number of hydrogen-bond donors (Lipinski definition) is 4. The van der Waals surface area contributed by atoms with E-state index in [1.165, 1.54) is 11.8 Å². The lowest BCUT2D eigenvalue weighted by atomic mass is 10.2. The molecule has 1 aromatic heterocycles. The highest BCUT2D eigenvalue weighted by Crippen LogP contribution is 2.01. The van der Waals surface area contributed by atoms with Crippen molar-refractivity contribution >= 4 is 23.6 Å². The Morgan fingerprint density at radius 1 is 1.47 bits per heavy atom. The third-order valence-corrected chi connectivity index (χ3v) is 2.92. The first kappa shape index (κ1) is 15.0. The SMILES string of the molecule is CSCCC(NC(=O)c1c[nH]c(=O)[nH]c1=O)C(=O)O. The van der Waals surface area contributed by atoms with Crippen molar-refractivity contribution in [3.63, 3.8) is 0 Å². The molecule has 0 spiro atoms. The molecule has 9 heteroatoms. The number of hydrogen-bond acceptors (Lipinski definition) is 5. The van der Waals surface area contributed by atoms with Gasteiger partial charge in [0.15, 0.2) is 0 Å². The van der Waals surface area contributed by atoms with Gasteiger partial charge in [-0.2, -0.15) is 11.8 Å². The molecule has 1 rings (SSSR count). The molecule has 19 heavy (non-hydrogen) atoms. The monoisotopic (exact) mass is 287 g/mol. The summed E-state index contributed by atoms with van der Waals surface area (Å²) in [5, 5.41) is 11.2. The van der Waals surface area contributed by atoms with E-state index < -0.39 is 29.2 Å². The van der Waals surface area contributed by atoms with Crippen LogP contribution in [0.4, 0.5) is 0 Å². The Bertz CT molecular complexity index is 579. The Labute approximate surface area is 111 Å². The Morgan fingerprint density at radius 3 is 2.68 bits per heavy atom. The molecule has 4 N–H and O–H groups in total. The van der Waals surface area contributed by atoms with E-state index >= 15 is 0 Å². The van der Waals surface area contributed by atoms with Gasteiger partial charge in [0.05, 0.1) is 0 Å². The molecule has 1 atom stereocenters. The number of amides is 1. The number of carboxylic acids is 1. The Morgan fingerprint density at radius 2 is 2.16 bits per heavy atom. The van der Waals surface area contributed by atoms with Crippen molar-refractivity contribution in [2.45, 2.75) is 12.5 Å². The number of nitrogens with one attached hydrogen (secondary N) is 3. The third kappa shape index (κ3) is 4.28. The van der Waals surface area contributed by atoms with Gasteiger partial charge in [-0.05, 0) is 18.4 Å². The van der Waals surface area contributed by atoms with E-state index in [0.717, 1.165) is 6.20 Å². The maximum atomic E-state index is 11.7. The number of carboxylic acid groups (broad SMARTS) is 1. The number of aromatic nitrogens is 2. The van der Waals surface area contributed by atoms with Gasteiger partial charge in [-0.15, -0.1) is 0 Å². The van der Waals surface area contributed by atoms with Crippen molar-refractivity contribution in [1.29, 1.82) is 0 Å². The van der Waals surface area contributed by atoms with E-state index in [1.807, 2.05) is 11.2 Å². The van der Waals surface area contributed by atoms with Crippen molar-refractivity contribution in [2.75, 3.05) is 12.0 Å². The van der Waals surface area contributed by atoms with Crippen LogP contribution in [0.3, 0.4) is 0 Å². The van der Waals surface area contributed by atoms with Crippen LogP contribution >= 0.6 is 11.8 Å². The lowest BCUT2D eigenvalue weighted by molar-refractivity contribution is -0.139. The van der Waals surface area contributed by atoms with Gasteiger partial charge in [0, 0.05) is 6.20 Å². The summed E-state index contributed by atoms with van der Waals surface area (Å²) < 4.78 is 0. The largest absolute Gasteiger partial charge is 0.480 e. The number of rotatable bonds is 6. The third-order valence-electron chi connectivity index (χ3n) is 2.28. The first-order valence-electron chi connectivity index (χ1n) is 5.30. The van der Waals surface area contributed by atoms with Gasteiger partial charge in [-0.1, -0.05) is 0 Å². The van der Waals surface area contributed by atoms with E-state index in [2.05, 4.69) is 10.3 Å². The molecule has 104 valence electrons. The first-order valence-corrected chi connectivity index (χ1v) is 6.69. The van der Waals surface area contributed by atoms with Crippen LogP contribution in [0.1, 0.15) is 16.8 Å². The molecule has 0 saturated heterocycles. The van der Waals surface area contributed by atoms with Crippen LogP contribution in [0.2, 0.25) is 0 Å². The average molecular weight is 287 g/mol. The van der Waals surface area contributed by atoms with Gasteiger partial charge < -0.3 is 15.4 Å². The van der Waals surface area contributed by atoms with Gasteiger partial charge >= 0.3 is 11.7 Å². The Hall–Kier alpha value is -2.03. The van der Waals surface area contributed by atoms with Crippen molar-refractivity contribution in [1.82, 2.24) is 15.3 Å². The summed E-state index contributed by atoms with van der Waals surface area (Å²) in [6.45, 7) is 0. The molecule has 0 aliphatic rings. The fourth-order valence-electron chi connectivity index (χ4n) is 1.31. The molecule has 0 aliphatic carbocycles. The topological polar surface area (TPSA) is 132 Å². The predicted molar refractivity (Wildman–Crippen MR) is 69.6 cm³/mol. The van der Waals surface area contributed by atoms with Crippen LogP contribution in [0.15, 0.2) is 15.8 Å². The average Bonchev–Trinajstić information content (AvgIpc) is 2.33. The van der Waals surface area contributed by atoms with Crippen molar-refractivity contribution in [2.24, 2.45) is 0 Å². The second-order valence-electron chi connectivity index (χ2n) is 3.63. The fourth-order valence-corrected chi connectivity index (χ4v) is 1.78. The van der Waals surface area contributed by atoms with Crippen molar-refractivity contribution in [3.05, 3.63) is 32.6 Å². The Kier molecular flexibility index (Phi) is 5.37. The lowest BCUT2D eigenvalue weighted by Gasteiger charge is -2.13. The molecule has 1 aromatic rings. The first-order chi connectivity index (χ1) is 8.95. The molecule has 0 bridgehead atoms. The molecule has 1 heterocycles. The zero-order chi connectivity index (χ0) is 14.4. The molecule has 0 aromatic carbocycles. The molecular weight excluding hydrogens is 274 g/mol. The summed E-state index contributed by atoms with van der Waals surface area (Å²) in [5.74, 6) is -1.46. The van der Waals surface area contributed by atoms with Crippen LogP contribution < -0.4 is 16.6 Å². The predicted octanol–water partition coefficient (Wildman–Crippen LogP) is -1.00. The summed E-state index contributed by atoms with van der Waals surface area (Å²) in [6.07, 6.45) is 3.00. The van der Waals surface area contributed by atoms with Crippen LogP contribution in [0.25, 0.3) is 0 Å². The maximum Gasteiger partial charge on any atom is 0.326 e. The van der Waals surface area contributed by atoms with E-state index in [9.17, 15) is 19.2 Å². The molecule has 0 radical (unpaired) electrons. The summed E-state index contributed by atoms with van der Waals surface area (Å²) in [6, 6.07) is -1.08. The summed E-state index contributed by atoms with van der Waals surface area (Å²) >= 11 is 1.45. The number of aliphatic carboxylic acids is 1. The molecule has 0 fully saturated rings. The second-order valence-corrected chi connectivity index (χ2v) is 4.62. The van der Waals surface area contributed by atoms with Gasteiger partial charge in [-0.25, -0.2) is 9.59 Å². The minimum atomic E-state index is -1.18. The molecule has 0 aliphatic heterocycles. The van der Waals surface area contributed by atoms with Crippen LogP contribution in [-0.4, -0.2) is 45.0 Å². The number of carbonyl (C=O) groups is 2. The van der Waals surface area contributed by atoms with Crippen LogP contribution in [0, 0.1) is 0 Å². The maximum absolute atomic E-state index is 11.7. The molecule has 8 nitrogen and oxygen atoms in total. The van der Waals surface area contributed by atoms with Crippen molar-refractivity contribution in [3.8, 4) is 0 Å². The van der Waals surface area contributed by atoms with Crippen LogP contribution in [-0.2, 0) is 4.79 Å². The molecular formula is C10H13N3O5S. The van der Waals surface area contributed by atoms with Crippen molar-refractivity contribution < 1.29 is 14.7 Å². The molecule has 1 unspecified atom stereocenters. The standard InChI is InChI=1S/C10H13N3O5S/c1-19-3-2-6(9(16)17)12-7(14)5-4-11-10(18)13-8(5)15/h4,6H,2-3H2,1H3,(H,12,14)(H,16,17)(H2,11,13,15,18).